The van der Waals surface area contributed by atoms with E-state index in [9.17, 15) is 4.79 Å². The number of nitrogens with zero attached hydrogens (tertiary/aromatic N) is 2. The highest BCUT2D eigenvalue weighted by Gasteiger charge is 2.43. The standard InChI is InChI=1S/C24H20N2O3/c1-28-18-13-11-17(12-14-18)23(27)24-26-21(19-9-5-6-10-22(19)29-24)15-20(25-26)16-7-3-2-4-8-16/h2-14,21,24H,15H2,1H3/t21-,24+/m0/s1. The number of ketones is 1. The fraction of sp³-hybridized carbons (Fsp3) is 0.167. The van der Waals surface area contributed by atoms with Gasteiger partial charge in [0.1, 0.15) is 11.5 Å². The van der Waals surface area contributed by atoms with E-state index in [0.29, 0.717) is 11.3 Å². The van der Waals surface area contributed by atoms with Crippen LogP contribution in [0.2, 0.25) is 0 Å². The lowest BCUT2D eigenvalue weighted by atomic mass is 9.96. The van der Waals surface area contributed by atoms with Gasteiger partial charge in [-0.1, -0.05) is 48.5 Å². The highest BCUT2D eigenvalue weighted by Crippen LogP contribution is 2.43. The molecule has 5 heteroatoms. The van der Waals surface area contributed by atoms with Crippen molar-refractivity contribution >= 4 is 11.5 Å². The van der Waals surface area contributed by atoms with Crippen LogP contribution >= 0.6 is 0 Å². The van der Waals surface area contributed by atoms with Gasteiger partial charge < -0.3 is 9.47 Å². The van der Waals surface area contributed by atoms with Gasteiger partial charge in [-0.05, 0) is 35.9 Å². The molecule has 0 spiro atoms. The Hall–Kier alpha value is -3.60. The maximum atomic E-state index is 13.3. The van der Waals surface area contributed by atoms with Gasteiger partial charge in [0.25, 0.3) is 6.23 Å². The molecular formula is C24H20N2O3. The number of hydrazone groups is 1. The summed E-state index contributed by atoms with van der Waals surface area (Å²) in [5.74, 6) is 1.33. The highest BCUT2D eigenvalue weighted by molar-refractivity contribution is 6.03. The number of hydrogen-bond donors (Lipinski definition) is 0. The van der Waals surface area contributed by atoms with Crippen molar-refractivity contribution < 1.29 is 14.3 Å². The summed E-state index contributed by atoms with van der Waals surface area (Å²) >= 11 is 0. The van der Waals surface area contributed by atoms with Crippen LogP contribution in [0.25, 0.3) is 0 Å². The molecule has 2 heterocycles. The van der Waals surface area contributed by atoms with E-state index < -0.39 is 6.23 Å². The van der Waals surface area contributed by atoms with Gasteiger partial charge >= 0.3 is 0 Å². The first kappa shape index (κ1) is 17.5. The number of carbonyl (C=O) groups excluding carboxylic acids is 1. The van der Waals surface area contributed by atoms with Crippen LogP contribution in [0, 0.1) is 0 Å². The van der Waals surface area contributed by atoms with Gasteiger partial charge in [-0.2, -0.15) is 5.10 Å². The van der Waals surface area contributed by atoms with Crippen molar-refractivity contribution in [3.05, 3.63) is 95.6 Å². The Morgan fingerprint density at radius 3 is 2.48 bits per heavy atom. The number of benzene rings is 3. The molecule has 2 aliphatic rings. The van der Waals surface area contributed by atoms with E-state index >= 15 is 0 Å². The average Bonchev–Trinajstić information content (AvgIpc) is 3.24. The minimum atomic E-state index is -0.801. The molecule has 0 fully saturated rings. The number of Topliss-reactive ketones (excluding diaryl/α,β-unsaturated/α-hetero) is 1. The largest absolute Gasteiger partial charge is 0.497 e. The number of carbonyl (C=O) groups is 1. The highest BCUT2D eigenvalue weighted by atomic mass is 16.5. The maximum absolute atomic E-state index is 13.3. The summed E-state index contributed by atoms with van der Waals surface area (Å²) in [5.41, 5.74) is 3.65. The number of para-hydroxylation sites is 1. The molecule has 0 saturated carbocycles. The number of fused-ring (bicyclic) bond motifs is 3. The van der Waals surface area contributed by atoms with E-state index in [-0.39, 0.29) is 11.8 Å². The van der Waals surface area contributed by atoms with Gasteiger partial charge in [-0.25, -0.2) is 5.01 Å². The lowest BCUT2D eigenvalue weighted by molar-refractivity contribution is -0.00455. The van der Waals surface area contributed by atoms with Crippen LogP contribution in [-0.2, 0) is 0 Å². The molecule has 0 amide bonds. The van der Waals surface area contributed by atoms with E-state index in [1.54, 1.807) is 31.4 Å². The number of rotatable bonds is 4. The van der Waals surface area contributed by atoms with Crippen molar-refractivity contribution in [1.82, 2.24) is 5.01 Å². The molecule has 0 unspecified atom stereocenters. The van der Waals surface area contributed by atoms with Crippen molar-refractivity contribution in [2.75, 3.05) is 7.11 Å². The Labute approximate surface area is 169 Å². The zero-order chi connectivity index (χ0) is 19.8. The third kappa shape index (κ3) is 3.05. The van der Waals surface area contributed by atoms with Gasteiger partial charge in [-0.3, -0.25) is 4.79 Å². The second kappa shape index (κ2) is 7.09. The summed E-state index contributed by atoms with van der Waals surface area (Å²) in [6, 6.07) is 25.0. The van der Waals surface area contributed by atoms with Crippen molar-refractivity contribution in [1.29, 1.82) is 0 Å². The summed E-state index contributed by atoms with van der Waals surface area (Å²) in [7, 11) is 1.60. The molecule has 2 atom stereocenters. The molecule has 5 rings (SSSR count). The van der Waals surface area contributed by atoms with Gasteiger partial charge in [0.05, 0.1) is 18.9 Å². The zero-order valence-electron chi connectivity index (χ0n) is 16.0. The maximum Gasteiger partial charge on any atom is 0.251 e. The molecule has 0 saturated heterocycles. The smallest absolute Gasteiger partial charge is 0.251 e. The van der Waals surface area contributed by atoms with Crippen LogP contribution < -0.4 is 9.47 Å². The lowest BCUT2D eigenvalue weighted by Gasteiger charge is -2.37. The second-order valence-electron chi connectivity index (χ2n) is 7.11. The predicted octanol–water partition coefficient (Wildman–Crippen LogP) is 4.45. The number of hydrogen-bond acceptors (Lipinski definition) is 5. The minimum Gasteiger partial charge on any atom is -0.497 e. The Morgan fingerprint density at radius 1 is 1.00 bits per heavy atom. The molecule has 3 aromatic carbocycles. The molecule has 0 bridgehead atoms. The van der Waals surface area contributed by atoms with Crippen LogP contribution in [0.3, 0.4) is 0 Å². The summed E-state index contributed by atoms with van der Waals surface area (Å²) < 4.78 is 11.3. The van der Waals surface area contributed by atoms with E-state index in [0.717, 1.165) is 29.0 Å². The lowest BCUT2D eigenvalue weighted by Crippen LogP contribution is -2.45. The van der Waals surface area contributed by atoms with Gasteiger partial charge in [0, 0.05) is 17.5 Å². The van der Waals surface area contributed by atoms with E-state index in [4.69, 9.17) is 14.6 Å². The van der Waals surface area contributed by atoms with Crippen molar-refractivity contribution in [2.45, 2.75) is 18.7 Å². The quantitative estimate of drug-likeness (QED) is 0.624. The Kier molecular flexibility index (Phi) is 4.28. The second-order valence-corrected chi connectivity index (χ2v) is 7.11. The SMILES string of the molecule is COc1ccc(C(=O)[C@H]2Oc3ccccc3[C@@H]3CC(c4ccccc4)=NN23)cc1. The topological polar surface area (TPSA) is 51.1 Å². The van der Waals surface area contributed by atoms with E-state index in [1.807, 2.05) is 59.6 Å². The predicted molar refractivity (Wildman–Crippen MR) is 110 cm³/mol. The zero-order valence-corrected chi connectivity index (χ0v) is 16.0. The number of ether oxygens (including phenoxy) is 2. The van der Waals surface area contributed by atoms with Crippen LogP contribution in [-0.4, -0.2) is 29.8 Å². The molecule has 3 aromatic rings. The first-order chi connectivity index (χ1) is 14.2. The third-order valence-electron chi connectivity index (χ3n) is 5.40. The molecule has 29 heavy (non-hydrogen) atoms. The van der Waals surface area contributed by atoms with Gasteiger partial charge in [0.2, 0.25) is 5.78 Å². The molecule has 5 nitrogen and oxygen atoms in total. The van der Waals surface area contributed by atoms with Crippen LogP contribution in [0.5, 0.6) is 11.5 Å². The molecule has 144 valence electrons. The van der Waals surface area contributed by atoms with Gasteiger partial charge in [0.15, 0.2) is 0 Å². The molecule has 0 N–H and O–H groups in total. The van der Waals surface area contributed by atoms with Crippen LogP contribution in [0.4, 0.5) is 0 Å². The summed E-state index contributed by atoms with van der Waals surface area (Å²) in [5, 5.41) is 6.64. The summed E-state index contributed by atoms with van der Waals surface area (Å²) in [4.78, 5) is 13.3. The van der Waals surface area contributed by atoms with Gasteiger partial charge in [-0.15, -0.1) is 0 Å². The van der Waals surface area contributed by atoms with E-state index in [1.165, 1.54) is 0 Å². The fourth-order valence-electron chi connectivity index (χ4n) is 3.91. The molecule has 0 aromatic heterocycles. The number of methoxy groups -OCH3 is 1. The Balaban J connectivity index is 1.54. The van der Waals surface area contributed by atoms with Crippen molar-refractivity contribution in [3.63, 3.8) is 0 Å². The molecule has 0 aliphatic carbocycles. The Bertz CT molecular complexity index is 1080. The van der Waals surface area contributed by atoms with Crippen molar-refractivity contribution in [3.8, 4) is 11.5 Å². The van der Waals surface area contributed by atoms with Crippen LogP contribution in [0.15, 0.2) is 84.0 Å². The Morgan fingerprint density at radius 2 is 1.72 bits per heavy atom. The average molecular weight is 384 g/mol. The van der Waals surface area contributed by atoms with Crippen LogP contribution in [0.1, 0.15) is 33.9 Å². The molecular weight excluding hydrogens is 364 g/mol. The molecule has 2 aliphatic heterocycles. The van der Waals surface area contributed by atoms with Crippen molar-refractivity contribution in [2.24, 2.45) is 5.10 Å². The first-order valence-electron chi connectivity index (χ1n) is 9.59. The first-order valence-corrected chi connectivity index (χ1v) is 9.59. The minimum absolute atomic E-state index is 0.0256. The monoisotopic (exact) mass is 384 g/mol. The fourth-order valence-corrected chi connectivity index (χ4v) is 3.91. The summed E-state index contributed by atoms with van der Waals surface area (Å²) in [6.07, 6.45) is -0.0685. The summed E-state index contributed by atoms with van der Waals surface area (Å²) in [6.45, 7) is 0. The van der Waals surface area contributed by atoms with E-state index in [2.05, 4.69) is 0 Å². The normalized spacial score (nSPS) is 19.6. The molecule has 0 radical (unpaired) electrons. The third-order valence-corrected chi connectivity index (χ3v) is 5.40.